The number of alkyl halides is 3. The van der Waals surface area contributed by atoms with Gasteiger partial charge in [0.05, 0.1) is 10.6 Å². The standard InChI is InChI=1S/C15H16F3N7O3/c1-8-6-9(2)23(21-8)5-4-11-19-20-12(28-11)7-24-10(3)13(25(26)27)14(22-24)15(16,17)18/h6H,4-5,7H2,1-3H3. The molecule has 0 aliphatic rings. The van der Waals surface area contributed by atoms with Crippen LogP contribution in [-0.4, -0.2) is 34.7 Å². The van der Waals surface area contributed by atoms with Crippen LogP contribution in [0.4, 0.5) is 18.9 Å². The first-order valence-electron chi connectivity index (χ1n) is 8.17. The second-order valence-corrected chi connectivity index (χ2v) is 6.18. The van der Waals surface area contributed by atoms with Gasteiger partial charge in [-0.1, -0.05) is 0 Å². The first kappa shape index (κ1) is 19.5. The average Bonchev–Trinajstić information content (AvgIpc) is 3.24. The molecule has 3 heterocycles. The third kappa shape index (κ3) is 3.87. The van der Waals surface area contributed by atoms with Crippen molar-refractivity contribution < 1.29 is 22.5 Å². The minimum Gasteiger partial charge on any atom is -0.423 e. The van der Waals surface area contributed by atoms with Gasteiger partial charge in [-0.2, -0.15) is 23.4 Å². The zero-order valence-corrected chi connectivity index (χ0v) is 15.2. The summed E-state index contributed by atoms with van der Waals surface area (Å²) in [5.41, 5.74) is -1.05. The summed E-state index contributed by atoms with van der Waals surface area (Å²) < 4.78 is 47.0. The van der Waals surface area contributed by atoms with Crippen molar-refractivity contribution in [1.29, 1.82) is 0 Å². The maximum absolute atomic E-state index is 13.0. The highest BCUT2D eigenvalue weighted by Gasteiger charge is 2.44. The molecule has 150 valence electrons. The molecule has 0 aliphatic heterocycles. The maximum atomic E-state index is 13.0. The second-order valence-electron chi connectivity index (χ2n) is 6.18. The van der Waals surface area contributed by atoms with E-state index >= 15 is 0 Å². The van der Waals surface area contributed by atoms with E-state index in [4.69, 9.17) is 4.42 Å². The highest BCUT2D eigenvalue weighted by molar-refractivity contribution is 5.42. The molecule has 0 atom stereocenters. The summed E-state index contributed by atoms with van der Waals surface area (Å²) in [4.78, 5) is 9.90. The maximum Gasteiger partial charge on any atom is 0.442 e. The van der Waals surface area contributed by atoms with Crippen LogP contribution in [0, 0.1) is 30.9 Å². The van der Waals surface area contributed by atoms with E-state index in [0.717, 1.165) is 16.1 Å². The van der Waals surface area contributed by atoms with Gasteiger partial charge in [-0.3, -0.25) is 19.5 Å². The molecule has 3 rings (SSSR count). The summed E-state index contributed by atoms with van der Waals surface area (Å²) in [6.07, 6.45) is -4.57. The monoisotopic (exact) mass is 399 g/mol. The zero-order chi connectivity index (χ0) is 20.6. The van der Waals surface area contributed by atoms with Crippen LogP contribution in [-0.2, 0) is 25.7 Å². The number of aromatic nitrogens is 6. The molecular weight excluding hydrogens is 383 g/mol. The lowest BCUT2D eigenvalue weighted by molar-refractivity contribution is -0.388. The lowest BCUT2D eigenvalue weighted by atomic mass is 10.3. The fourth-order valence-corrected chi connectivity index (χ4v) is 2.78. The number of rotatable bonds is 6. The van der Waals surface area contributed by atoms with Crippen LogP contribution in [0.15, 0.2) is 10.5 Å². The number of aryl methyl sites for hydroxylation is 4. The van der Waals surface area contributed by atoms with Crippen molar-refractivity contribution in [1.82, 2.24) is 29.8 Å². The Hall–Kier alpha value is -3.25. The Kier molecular flexibility index (Phi) is 4.91. The van der Waals surface area contributed by atoms with E-state index in [-0.39, 0.29) is 24.0 Å². The minimum atomic E-state index is -4.95. The fourth-order valence-electron chi connectivity index (χ4n) is 2.78. The van der Waals surface area contributed by atoms with Gasteiger partial charge in [0.25, 0.3) is 0 Å². The lowest BCUT2D eigenvalue weighted by Crippen LogP contribution is -2.10. The molecule has 0 aliphatic carbocycles. The molecular formula is C15H16F3N7O3. The van der Waals surface area contributed by atoms with Crippen molar-refractivity contribution in [3.63, 3.8) is 0 Å². The van der Waals surface area contributed by atoms with Gasteiger partial charge < -0.3 is 4.42 Å². The van der Waals surface area contributed by atoms with Gasteiger partial charge in [0.1, 0.15) is 12.2 Å². The zero-order valence-electron chi connectivity index (χ0n) is 15.2. The summed E-state index contributed by atoms with van der Waals surface area (Å²) in [5.74, 6) is 0.274. The fraction of sp³-hybridized carbons (Fsp3) is 0.467. The molecule has 0 unspecified atom stereocenters. The molecule has 0 N–H and O–H groups in total. The molecule has 10 nitrogen and oxygen atoms in total. The first-order chi connectivity index (χ1) is 13.1. The molecule has 0 radical (unpaired) electrons. The van der Waals surface area contributed by atoms with E-state index in [0.29, 0.717) is 13.0 Å². The van der Waals surface area contributed by atoms with E-state index in [9.17, 15) is 23.3 Å². The van der Waals surface area contributed by atoms with Crippen molar-refractivity contribution in [3.8, 4) is 0 Å². The molecule has 3 aromatic rings. The predicted octanol–water partition coefficient (Wildman–Crippen LogP) is 2.61. The van der Waals surface area contributed by atoms with E-state index in [1.165, 1.54) is 6.92 Å². The Morgan fingerprint density at radius 1 is 1.14 bits per heavy atom. The van der Waals surface area contributed by atoms with E-state index in [1.54, 1.807) is 4.68 Å². The predicted molar refractivity (Wildman–Crippen MR) is 87.4 cm³/mol. The molecule has 0 spiro atoms. The van der Waals surface area contributed by atoms with E-state index in [2.05, 4.69) is 20.4 Å². The molecule has 28 heavy (non-hydrogen) atoms. The molecule has 0 saturated carbocycles. The highest BCUT2D eigenvalue weighted by Crippen LogP contribution is 2.37. The second kappa shape index (κ2) is 7.05. The quantitative estimate of drug-likeness (QED) is 0.462. The van der Waals surface area contributed by atoms with Gasteiger partial charge in [0, 0.05) is 18.7 Å². The van der Waals surface area contributed by atoms with E-state index in [1.807, 2.05) is 19.9 Å². The molecule has 0 saturated heterocycles. The largest absolute Gasteiger partial charge is 0.442 e. The van der Waals surface area contributed by atoms with Gasteiger partial charge in [0.2, 0.25) is 17.5 Å². The van der Waals surface area contributed by atoms with Crippen LogP contribution in [0.2, 0.25) is 0 Å². The van der Waals surface area contributed by atoms with Crippen LogP contribution < -0.4 is 0 Å². The summed E-state index contributed by atoms with van der Waals surface area (Å²) in [6.45, 7) is 5.14. The van der Waals surface area contributed by atoms with Crippen molar-refractivity contribution >= 4 is 5.69 Å². The summed E-state index contributed by atoms with van der Waals surface area (Å²) in [7, 11) is 0. The van der Waals surface area contributed by atoms with Crippen molar-refractivity contribution in [3.05, 3.63) is 50.7 Å². The van der Waals surface area contributed by atoms with Crippen molar-refractivity contribution in [2.24, 2.45) is 0 Å². The number of nitro groups is 1. The Bertz CT molecular complexity index is 1020. The lowest BCUT2D eigenvalue weighted by Gasteiger charge is -2.01. The molecule has 3 aromatic heterocycles. The summed E-state index contributed by atoms with van der Waals surface area (Å²) in [5, 5.41) is 26.3. The van der Waals surface area contributed by atoms with E-state index < -0.39 is 22.5 Å². The van der Waals surface area contributed by atoms with Crippen LogP contribution in [0.3, 0.4) is 0 Å². The SMILES string of the molecule is Cc1cc(C)n(CCc2nnc(Cn3nc(C(F)(F)F)c([N+](=O)[O-])c3C)o2)n1. The normalized spacial score (nSPS) is 11.9. The molecule has 0 aromatic carbocycles. The topological polar surface area (TPSA) is 118 Å². The number of nitrogens with zero attached hydrogens (tertiary/aromatic N) is 7. The average molecular weight is 399 g/mol. The smallest absolute Gasteiger partial charge is 0.423 e. The third-order valence-electron chi connectivity index (χ3n) is 4.06. The minimum absolute atomic E-state index is 0.00223. The highest BCUT2D eigenvalue weighted by atomic mass is 19.4. The van der Waals surface area contributed by atoms with Gasteiger partial charge in [0.15, 0.2) is 0 Å². The molecule has 0 fully saturated rings. The molecule has 0 amide bonds. The first-order valence-corrected chi connectivity index (χ1v) is 8.17. The Labute approximate surface area is 156 Å². The van der Waals surface area contributed by atoms with Crippen LogP contribution in [0.25, 0.3) is 0 Å². The van der Waals surface area contributed by atoms with Crippen molar-refractivity contribution in [2.45, 2.75) is 46.5 Å². The third-order valence-corrected chi connectivity index (χ3v) is 4.06. The Morgan fingerprint density at radius 2 is 1.82 bits per heavy atom. The molecule has 13 heteroatoms. The van der Waals surface area contributed by atoms with Crippen molar-refractivity contribution in [2.75, 3.05) is 0 Å². The van der Waals surface area contributed by atoms with Gasteiger partial charge in [-0.15, -0.1) is 10.2 Å². The van der Waals surface area contributed by atoms with Gasteiger partial charge in [-0.25, -0.2) is 0 Å². The summed E-state index contributed by atoms with van der Waals surface area (Å²) in [6, 6.07) is 1.92. The number of hydrogen-bond acceptors (Lipinski definition) is 7. The van der Waals surface area contributed by atoms with Crippen LogP contribution >= 0.6 is 0 Å². The van der Waals surface area contributed by atoms with Gasteiger partial charge >= 0.3 is 11.9 Å². The number of halogens is 3. The van der Waals surface area contributed by atoms with Gasteiger partial charge in [-0.05, 0) is 26.8 Å². The summed E-state index contributed by atoms with van der Waals surface area (Å²) >= 11 is 0. The Balaban J connectivity index is 1.76. The number of hydrogen-bond donors (Lipinski definition) is 0. The molecule has 0 bridgehead atoms. The van der Waals surface area contributed by atoms with Crippen LogP contribution in [0.5, 0.6) is 0 Å². The van der Waals surface area contributed by atoms with Crippen LogP contribution in [0.1, 0.15) is 34.6 Å². The Morgan fingerprint density at radius 3 is 2.36 bits per heavy atom.